The number of hydrogen-bond acceptors (Lipinski definition) is 3. The van der Waals surface area contributed by atoms with Gasteiger partial charge in [-0.3, -0.25) is 4.57 Å². The Morgan fingerprint density at radius 3 is 2.45 bits per heavy atom. The lowest BCUT2D eigenvalue weighted by Gasteiger charge is -2.35. The number of fused-ring (bicyclic) bond motifs is 1. The molecule has 0 atom stereocenters. The maximum atomic E-state index is 13.7. The Bertz CT molecular complexity index is 1040. The van der Waals surface area contributed by atoms with E-state index in [1.165, 1.54) is 16.7 Å². The highest BCUT2D eigenvalue weighted by Crippen LogP contribution is 2.38. The molecule has 0 radical (unpaired) electrons. The maximum Gasteiger partial charge on any atom is 0.418 e. The molecular weight excluding hydrogens is 381 g/mol. The van der Waals surface area contributed by atoms with Crippen LogP contribution in [0.3, 0.4) is 0 Å². The highest BCUT2D eigenvalue weighted by atomic mass is 19.4. The summed E-state index contributed by atoms with van der Waals surface area (Å²) in [5.74, 6) is 0. The number of para-hydroxylation sites is 1. The fraction of sp³-hybridized carbons (Fsp3) is 0.286. The van der Waals surface area contributed by atoms with E-state index < -0.39 is 17.8 Å². The van der Waals surface area contributed by atoms with E-state index in [1.54, 1.807) is 29.3 Å². The number of carbonyl (C=O) groups excluding carboxylic acids is 1. The lowest BCUT2D eigenvalue weighted by Crippen LogP contribution is -2.45. The van der Waals surface area contributed by atoms with Gasteiger partial charge < -0.3 is 15.1 Å². The second kappa shape index (κ2) is 7.44. The average Bonchev–Trinajstić information content (AvgIpc) is 3.12. The van der Waals surface area contributed by atoms with Crippen LogP contribution in [0.5, 0.6) is 0 Å². The van der Waals surface area contributed by atoms with Crippen LogP contribution >= 0.6 is 0 Å². The molecule has 1 fully saturated rings. The molecule has 4 rings (SSSR count). The summed E-state index contributed by atoms with van der Waals surface area (Å²) in [6.45, 7) is 2.47. The van der Waals surface area contributed by atoms with Crippen molar-refractivity contribution in [1.29, 1.82) is 0 Å². The van der Waals surface area contributed by atoms with Gasteiger partial charge in [0.15, 0.2) is 0 Å². The molecule has 1 amide bonds. The normalized spacial score (nSPS) is 15.7. The van der Waals surface area contributed by atoms with Gasteiger partial charge in [0.05, 0.1) is 11.1 Å². The van der Waals surface area contributed by atoms with Crippen LogP contribution in [0.1, 0.15) is 5.56 Å². The van der Waals surface area contributed by atoms with E-state index in [-0.39, 0.29) is 11.4 Å². The van der Waals surface area contributed by atoms with Crippen molar-refractivity contribution in [3.05, 3.63) is 60.3 Å². The van der Waals surface area contributed by atoms with E-state index in [2.05, 4.69) is 10.2 Å². The smallest absolute Gasteiger partial charge is 0.368 e. The van der Waals surface area contributed by atoms with Crippen molar-refractivity contribution < 1.29 is 18.0 Å². The van der Waals surface area contributed by atoms with Crippen LogP contribution in [0.2, 0.25) is 0 Å². The van der Waals surface area contributed by atoms with Gasteiger partial charge in [-0.1, -0.05) is 18.2 Å². The number of anilines is 2. The second-order valence-electron chi connectivity index (χ2n) is 7.19. The standard InChI is InChI=1S/C21H21F3N4O/c1-26-10-12-27(13-11-26)19-7-6-16(14-17(19)21(22,23)24)25-20(29)28-9-8-15-4-2-3-5-18(15)28/h2-9,14H,10-13H2,1H3,(H,25,29). The van der Waals surface area contributed by atoms with E-state index in [0.717, 1.165) is 11.5 Å². The van der Waals surface area contributed by atoms with Crippen LogP contribution < -0.4 is 10.2 Å². The molecule has 1 aromatic heterocycles. The van der Waals surface area contributed by atoms with Gasteiger partial charge in [0, 0.05) is 49.1 Å². The van der Waals surface area contributed by atoms with Gasteiger partial charge in [0.25, 0.3) is 0 Å². The van der Waals surface area contributed by atoms with Crippen molar-refractivity contribution in [3.63, 3.8) is 0 Å². The number of likely N-dealkylation sites (N-methyl/N-ethyl adjacent to an activating group) is 1. The van der Waals surface area contributed by atoms with Gasteiger partial charge in [-0.25, -0.2) is 4.79 Å². The Morgan fingerprint density at radius 1 is 1.00 bits per heavy atom. The van der Waals surface area contributed by atoms with Crippen molar-refractivity contribution >= 4 is 28.3 Å². The molecule has 0 bridgehead atoms. The number of rotatable bonds is 2. The third kappa shape index (κ3) is 3.93. The SMILES string of the molecule is CN1CCN(c2ccc(NC(=O)n3ccc4ccccc43)cc2C(F)(F)F)CC1. The zero-order chi connectivity index (χ0) is 20.6. The second-order valence-corrected chi connectivity index (χ2v) is 7.19. The molecule has 8 heteroatoms. The summed E-state index contributed by atoms with van der Waals surface area (Å²) < 4.78 is 42.6. The molecular formula is C21H21F3N4O. The van der Waals surface area contributed by atoms with Gasteiger partial charge in [0.2, 0.25) is 0 Å². The molecule has 0 saturated carbocycles. The zero-order valence-corrected chi connectivity index (χ0v) is 15.9. The molecule has 1 N–H and O–H groups in total. The minimum Gasteiger partial charge on any atom is -0.368 e. The minimum absolute atomic E-state index is 0.109. The van der Waals surface area contributed by atoms with E-state index >= 15 is 0 Å². The van der Waals surface area contributed by atoms with Crippen LogP contribution in [0.4, 0.5) is 29.3 Å². The van der Waals surface area contributed by atoms with Gasteiger partial charge in [-0.2, -0.15) is 13.2 Å². The van der Waals surface area contributed by atoms with Crippen LogP contribution in [0, 0.1) is 0 Å². The molecule has 0 spiro atoms. The van der Waals surface area contributed by atoms with E-state index in [0.29, 0.717) is 31.7 Å². The average molecular weight is 402 g/mol. The van der Waals surface area contributed by atoms with E-state index in [9.17, 15) is 18.0 Å². The Labute approximate surface area is 166 Å². The topological polar surface area (TPSA) is 40.5 Å². The first-order valence-corrected chi connectivity index (χ1v) is 9.35. The predicted octanol–water partition coefficient (Wildman–Crippen LogP) is 4.49. The lowest BCUT2D eigenvalue weighted by molar-refractivity contribution is -0.137. The minimum atomic E-state index is -4.51. The van der Waals surface area contributed by atoms with E-state index in [4.69, 9.17) is 0 Å². The summed E-state index contributed by atoms with van der Waals surface area (Å²) in [4.78, 5) is 16.5. The summed E-state index contributed by atoms with van der Waals surface area (Å²) in [6.07, 6.45) is -2.91. The molecule has 2 aromatic carbocycles. The fourth-order valence-electron chi connectivity index (χ4n) is 3.61. The van der Waals surface area contributed by atoms with Crippen LogP contribution in [-0.2, 0) is 6.18 Å². The number of alkyl halides is 3. The molecule has 1 aliphatic rings. The molecule has 0 aliphatic carbocycles. The van der Waals surface area contributed by atoms with Gasteiger partial charge >= 0.3 is 12.2 Å². The number of nitrogens with one attached hydrogen (secondary N) is 1. The quantitative estimate of drug-likeness (QED) is 0.687. The molecule has 1 aliphatic heterocycles. The number of piperazine rings is 1. The highest BCUT2D eigenvalue weighted by Gasteiger charge is 2.36. The van der Waals surface area contributed by atoms with Crippen molar-refractivity contribution in [2.24, 2.45) is 0 Å². The fourth-order valence-corrected chi connectivity index (χ4v) is 3.61. The predicted molar refractivity (Wildman–Crippen MR) is 108 cm³/mol. The Kier molecular flexibility index (Phi) is 4.96. The number of hydrogen-bond donors (Lipinski definition) is 1. The molecule has 29 heavy (non-hydrogen) atoms. The number of halogens is 3. The summed E-state index contributed by atoms with van der Waals surface area (Å²) in [5.41, 5.74) is 0.209. The van der Waals surface area contributed by atoms with Gasteiger partial charge in [-0.05, 0) is 37.4 Å². The van der Waals surface area contributed by atoms with Crippen molar-refractivity contribution in [1.82, 2.24) is 9.47 Å². The first-order valence-electron chi connectivity index (χ1n) is 9.35. The van der Waals surface area contributed by atoms with Crippen LogP contribution in [0.25, 0.3) is 10.9 Å². The highest BCUT2D eigenvalue weighted by molar-refractivity contribution is 5.98. The van der Waals surface area contributed by atoms with Crippen molar-refractivity contribution in [2.75, 3.05) is 43.4 Å². The zero-order valence-electron chi connectivity index (χ0n) is 15.9. The Balaban J connectivity index is 1.62. The summed E-state index contributed by atoms with van der Waals surface area (Å²) >= 11 is 0. The molecule has 1 saturated heterocycles. The summed E-state index contributed by atoms with van der Waals surface area (Å²) in [7, 11) is 1.95. The summed E-state index contributed by atoms with van der Waals surface area (Å²) in [5, 5.41) is 3.46. The first-order chi connectivity index (χ1) is 13.8. The number of nitrogens with zero attached hydrogens (tertiary/aromatic N) is 3. The van der Waals surface area contributed by atoms with Crippen molar-refractivity contribution in [2.45, 2.75) is 6.18 Å². The third-order valence-electron chi connectivity index (χ3n) is 5.22. The lowest BCUT2D eigenvalue weighted by atomic mass is 10.1. The van der Waals surface area contributed by atoms with Crippen LogP contribution in [-0.4, -0.2) is 48.7 Å². The Morgan fingerprint density at radius 2 is 1.72 bits per heavy atom. The number of aromatic nitrogens is 1. The number of amides is 1. The van der Waals surface area contributed by atoms with Gasteiger partial charge in [0.1, 0.15) is 0 Å². The molecule has 0 unspecified atom stereocenters. The van der Waals surface area contributed by atoms with Crippen molar-refractivity contribution in [3.8, 4) is 0 Å². The summed E-state index contributed by atoms with van der Waals surface area (Å²) in [6, 6.07) is 12.6. The molecule has 5 nitrogen and oxygen atoms in total. The largest absolute Gasteiger partial charge is 0.418 e. The first kappa shape index (κ1) is 19.3. The maximum absolute atomic E-state index is 13.7. The van der Waals surface area contributed by atoms with E-state index in [1.807, 2.05) is 19.2 Å². The van der Waals surface area contributed by atoms with Crippen LogP contribution in [0.15, 0.2) is 54.7 Å². The molecule has 3 aromatic rings. The number of benzene rings is 2. The van der Waals surface area contributed by atoms with Gasteiger partial charge in [-0.15, -0.1) is 0 Å². The third-order valence-corrected chi connectivity index (χ3v) is 5.22. The molecule has 2 heterocycles. The Hall–Kier alpha value is -3.00. The number of carbonyl (C=O) groups is 1. The monoisotopic (exact) mass is 402 g/mol. The molecule has 152 valence electrons.